The summed E-state index contributed by atoms with van der Waals surface area (Å²) >= 11 is 5.97. The van der Waals surface area contributed by atoms with Gasteiger partial charge in [-0.2, -0.15) is 0 Å². The molecular weight excluding hydrogens is 492 g/mol. The van der Waals surface area contributed by atoms with Gasteiger partial charge >= 0.3 is 5.97 Å². The van der Waals surface area contributed by atoms with Gasteiger partial charge in [-0.25, -0.2) is 9.48 Å². The number of aromatic nitrogens is 2. The Morgan fingerprint density at radius 1 is 1.08 bits per heavy atom. The Labute approximate surface area is 221 Å². The Kier molecular flexibility index (Phi) is 7.97. The summed E-state index contributed by atoms with van der Waals surface area (Å²) in [5, 5.41) is 17.7. The highest BCUT2D eigenvalue weighted by Gasteiger charge is 2.34. The predicted molar refractivity (Wildman–Crippen MR) is 144 cm³/mol. The number of halogens is 1. The molecule has 2 amide bonds. The maximum atomic E-state index is 13.5. The second-order valence-corrected chi connectivity index (χ2v) is 10.3. The van der Waals surface area contributed by atoms with Crippen LogP contribution in [-0.2, 0) is 4.79 Å². The van der Waals surface area contributed by atoms with E-state index in [1.165, 1.54) is 15.8 Å². The first-order chi connectivity index (χ1) is 17.6. The van der Waals surface area contributed by atoms with E-state index in [-0.39, 0.29) is 35.2 Å². The number of hydrogen-bond acceptors (Lipinski definition) is 4. The SMILES string of the molecule is CC1CCC(C(=O)N(c2nn(-c3ccc(NC(=O)c4cccc(Cl)c4)cc3)cc2C(=O)O)C(C)C)CC1. The topological polar surface area (TPSA) is 105 Å². The van der Waals surface area contributed by atoms with Gasteiger partial charge in [0, 0.05) is 34.4 Å². The van der Waals surface area contributed by atoms with Crippen LogP contribution < -0.4 is 10.2 Å². The number of rotatable bonds is 7. The van der Waals surface area contributed by atoms with Crippen LogP contribution in [0.25, 0.3) is 5.69 Å². The molecule has 3 aromatic rings. The molecule has 0 radical (unpaired) electrons. The predicted octanol–water partition coefficient (Wildman–Crippen LogP) is 6.04. The third-order valence-corrected chi connectivity index (χ3v) is 6.98. The number of anilines is 2. The molecule has 0 atom stereocenters. The lowest BCUT2D eigenvalue weighted by Gasteiger charge is -2.32. The molecule has 1 heterocycles. The summed E-state index contributed by atoms with van der Waals surface area (Å²) < 4.78 is 1.45. The average molecular weight is 523 g/mol. The van der Waals surface area contributed by atoms with Crippen molar-refractivity contribution in [3.63, 3.8) is 0 Å². The first-order valence-electron chi connectivity index (χ1n) is 12.5. The van der Waals surface area contributed by atoms with Crippen molar-refractivity contribution in [3.8, 4) is 5.69 Å². The standard InChI is InChI=1S/C28H31ClN4O4/c1-17(2)33(27(35)19-9-7-18(3)8-10-19)25-24(28(36)37)16-32(31-25)23-13-11-22(12-14-23)30-26(34)20-5-4-6-21(29)15-20/h4-6,11-19H,7-10H2,1-3H3,(H,30,34)(H,36,37). The van der Waals surface area contributed by atoms with Crippen LogP contribution in [-0.4, -0.2) is 38.7 Å². The summed E-state index contributed by atoms with van der Waals surface area (Å²) in [6, 6.07) is 13.2. The van der Waals surface area contributed by atoms with Gasteiger partial charge in [0.15, 0.2) is 5.82 Å². The highest BCUT2D eigenvalue weighted by atomic mass is 35.5. The Hall–Kier alpha value is -3.65. The minimum atomic E-state index is -1.15. The number of carbonyl (C=O) groups excluding carboxylic acids is 2. The van der Waals surface area contributed by atoms with Crippen molar-refractivity contribution in [2.45, 2.75) is 52.5 Å². The van der Waals surface area contributed by atoms with E-state index < -0.39 is 5.97 Å². The molecule has 1 fully saturated rings. The van der Waals surface area contributed by atoms with E-state index in [4.69, 9.17) is 11.6 Å². The lowest BCUT2D eigenvalue weighted by Crippen LogP contribution is -2.43. The summed E-state index contributed by atoms with van der Waals surface area (Å²) in [4.78, 5) is 39.6. The van der Waals surface area contributed by atoms with Crippen LogP contribution in [0.1, 0.15) is 67.2 Å². The monoisotopic (exact) mass is 522 g/mol. The van der Waals surface area contributed by atoms with Crippen molar-refractivity contribution >= 4 is 40.9 Å². The Morgan fingerprint density at radius 3 is 2.35 bits per heavy atom. The molecule has 0 bridgehead atoms. The lowest BCUT2D eigenvalue weighted by molar-refractivity contribution is -0.124. The number of carboxylic acid groups (broad SMARTS) is 1. The molecule has 2 N–H and O–H groups in total. The van der Waals surface area contributed by atoms with E-state index in [2.05, 4.69) is 17.3 Å². The zero-order valence-electron chi connectivity index (χ0n) is 21.1. The molecule has 8 nitrogen and oxygen atoms in total. The zero-order valence-corrected chi connectivity index (χ0v) is 21.9. The van der Waals surface area contributed by atoms with Gasteiger partial charge in [0.1, 0.15) is 5.56 Å². The number of aromatic carboxylic acids is 1. The Morgan fingerprint density at radius 2 is 1.76 bits per heavy atom. The van der Waals surface area contributed by atoms with Crippen LogP contribution in [0.2, 0.25) is 5.02 Å². The van der Waals surface area contributed by atoms with E-state index in [1.807, 2.05) is 13.8 Å². The molecular formula is C28H31ClN4O4. The number of nitrogens with one attached hydrogen (secondary N) is 1. The number of hydrogen-bond donors (Lipinski definition) is 2. The minimum absolute atomic E-state index is 0.0374. The lowest BCUT2D eigenvalue weighted by atomic mass is 9.82. The van der Waals surface area contributed by atoms with Gasteiger partial charge in [0.05, 0.1) is 5.69 Å². The third kappa shape index (κ3) is 6.02. The van der Waals surface area contributed by atoms with Crippen molar-refractivity contribution in [1.29, 1.82) is 0 Å². The van der Waals surface area contributed by atoms with Crippen molar-refractivity contribution in [3.05, 3.63) is 70.9 Å². The van der Waals surface area contributed by atoms with Gasteiger partial charge in [-0.3, -0.25) is 14.5 Å². The third-order valence-electron chi connectivity index (χ3n) is 6.75. The second-order valence-electron chi connectivity index (χ2n) is 9.89. The fourth-order valence-electron chi connectivity index (χ4n) is 4.66. The van der Waals surface area contributed by atoms with Crippen LogP contribution in [0.5, 0.6) is 0 Å². The molecule has 0 saturated heterocycles. The molecule has 0 spiro atoms. The Bertz CT molecular complexity index is 1290. The van der Waals surface area contributed by atoms with Gasteiger partial charge in [-0.05, 0) is 87.9 Å². The molecule has 0 aliphatic heterocycles. The smallest absolute Gasteiger partial charge is 0.341 e. The van der Waals surface area contributed by atoms with Crippen LogP contribution >= 0.6 is 11.6 Å². The summed E-state index contributed by atoms with van der Waals surface area (Å²) in [5.41, 5.74) is 1.55. The van der Waals surface area contributed by atoms with Crippen LogP contribution in [0.4, 0.5) is 11.5 Å². The fraction of sp³-hybridized carbons (Fsp3) is 0.357. The molecule has 194 valence electrons. The van der Waals surface area contributed by atoms with Crippen molar-refractivity contribution in [2.24, 2.45) is 11.8 Å². The van der Waals surface area contributed by atoms with Gasteiger partial charge in [-0.15, -0.1) is 5.10 Å². The number of carboxylic acids is 1. The fourth-order valence-corrected chi connectivity index (χ4v) is 4.85. The van der Waals surface area contributed by atoms with Crippen LogP contribution in [0, 0.1) is 11.8 Å². The summed E-state index contributed by atoms with van der Waals surface area (Å²) in [5.74, 6) is -0.912. The highest BCUT2D eigenvalue weighted by molar-refractivity contribution is 6.31. The summed E-state index contributed by atoms with van der Waals surface area (Å²) in [7, 11) is 0. The Balaban J connectivity index is 1.58. The van der Waals surface area contributed by atoms with E-state index in [9.17, 15) is 19.5 Å². The maximum absolute atomic E-state index is 13.5. The molecule has 1 aliphatic rings. The number of nitrogens with zero attached hydrogens (tertiary/aromatic N) is 3. The summed E-state index contributed by atoms with van der Waals surface area (Å²) in [6.45, 7) is 5.93. The molecule has 4 rings (SSSR count). The largest absolute Gasteiger partial charge is 0.477 e. The molecule has 2 aromatic carbocycles. The van der Waals surface area contributed by atoms with Gasteiger partial charge in [0.2, 0.25) is 5.91 Å². The van der Waals surface area contributed by atoms with Crippen molar-refractivity contribution < 1.29 is 19.5 Å². The normalized spacial score (nSPS) is 17.4. The molecule has 1 aliphatic carbocycles. The maximum Gasteiger partial charge on any atom is 0.341 e. The average Bonchev–Trinajstić information content (AvgIpc) is 3.30. The van der Waals surface area contributed by atoms with Crippen LogP contribution in [0.15, 0.2) is 54.7 Å². The quantitative estimate of drug-likeness (QED) is 0.393. The van der Waals surface area contributed by atoms with Gasteiger partial charge in [-0.1, -0.05) is 24.6 Å². The van der Waals surface area contributed by atoms with E-state index >= 15 is 0 Å². The highest BCUT2D eigenvalue weighted by Crippen LogP contribution is 2.33. The molecule has 9 heteroatoms. The van der Waals surface area contributed by atoms with Crippen molar-refractivity contribution in [2.75, 3.05) is 10.2 Å². The number of amides is 2. The minimum Gasteiger partial charge on any atom is -0.477 e. The number of carbonyl (C=O) groups is 3. The van der Waals surface area contributed by atoms with E-state index in [0.717, 1.165) is 25.7 Å². The van der Waals surface area contributed by atoms with E-state index in [0.29, 0.717) is 27.9 Å². The first kappa shape index (κ1) is 26.4. The second kappa shape index (κ2) is 11.2. The van der Waals surface area contributed by atoms with Crippen molar-refractivity contribution in [1.82, 2.24) is 9.78 Å². The van der Waals surface area contributed by atoms with Crippen LogP contribution in [0.3, 0.4) is 0 Å². The number of benzene rings is 2. The van der Waals surface area contributed by atoms with E-state index in [1.54, 1.807) is 48.5 Å². The molecule has 37 heavy (non-hydrogen) atoms. The first-order valence-corrected chi connectivity index (χ1v) is 12.8. The molecule has 0 unspecified atom stereocenters. The molecule has 1 saturated carbocycles. The van der Waals surface area contributed by atoms with Gasteiger partial charge < -0.3 is 10.4 Å². The zero-order chi connectivity index (χ0) is 26.7. The summed E-state index contributed by atoms with van der Waals surface area (Å²) in [6.07, 6.45) is 5.00. The van der Waals surface area contributed by atoms with Gasteiger partial charge in [0.25, 0.3) is 5.91 Å². The molecule has 1 aromatic heterocycles.